The first-order valence-electron chi connectivity index (χ1n) is 9.34. The second kappa shape index (κ2) is 9.12. The van der Waals surface area contributed by atoms with Crippen molar-refractivity contribution in [3.05, 3.63) is 54.1 Å². The normalized spacial score (nSPS) is 13.8. The highest BCUT2D eigenvalue weighted by molar-refractivity contribution is 5.89. The Morgan fingerprint density at radius 3 is 2.50 bits per heavy atom. The van der Waals surface area contributed by atoms with E-state index in [2.05, 4.69) is 15.5 Å². The Labute approximate surface area is 165 Å². The minimum Gasteiger partial charge on any atom is -0.496 e. The smallest absolute Gasteiger partial charge is 0.317 e. The fourth-order valence-corrected chi connectivity index (χ4v) is 3.28. The number of hydrogen-bond donors (Lipinski definition) is 2. The van der Waals surface area contributed by atoms with Crippen molar-refractivity contribution in [3.63, 3.8) is 0 Å². The van der Waals surface area contributed by atoms with Crippen molar-refractivity contribution >= 4 is 23.3 Å². The lowest BCUT2D eigenvalue weighted by Gasteiger charge is -2.36. The fourth-order valence-electron chi connectivity index (χ4n) is 3.28. The summed E-state index contributed by atoms with van der Waals surface area (Å²) in [6.07, 6.45) is 0. The van der Waals surface area contributed by atoms with Crippen molar-refractivity contribution in [2.45, 2.75) is 13.5 Å². The summed E-state index contributed by atoms with van der Waals surface area (Å²) in [6.45, 7) is 4.69. The second-order valence-corrected chi connectivity index (χ2v) is 6.68. The van der Waals surface area contributed by atoms with Gasteiger partial charge in [-0.15, -0.1) is 0 Å². The lowest BCUT2D eigenvalue weighted by Crippen LogP contribution is -2.51. The molecule has 3 amide bonds. The van der Waals surface area contributed by atoms with Crippen LogP contribution in [0.4, 0.5) is 16.2 Å². The van der Waals surface area contributed by atoms with Gasteiger partial charge in [-0.05, 0) is 24.3 Å². The highest BCUT2D eigenvalue weighted by Crippen LogP contribution is 2.21. The topological polar surface area (TPSA) is 73.9 Å². The minimum atomic E-state index is -0.0892. The Morgan fingerprint density at radius 2 is 1.79 bits per heavy atom. The van der Waals surface area contributed by atoms with Crippen LogP contribution >= 0.6 is 0 Å². The first-order chi connectivity index (χ1) is 13.6. The summed E-state index contributed by atoms with van der Waals surface area (Å²) < 4.78 is 5.32. The van der Waals surface area contributed by atoms with Crippen LogP contribution in [0.3, 0.4) is 0 Å². The predicted octanol–water partition coefficient (Wildman–Crippen LogP) is 2.69. The minimum absolute atomic E-state index is 0.0717. The van der Waals surface area contributed by atoms with Crippen molar-refractivity contribution < 1.29 is 14.3 Å². The summed E-state index contributed by atoms with van der Waals surface area (Å²) >= 11 is 0. The molecule has 1 aliphatic rings. The zero-order chi connectivity index (χ0) is 19.9. The van der Waals surface area contributed by atoms with E-state index in [-0.39, 0.29) is 11.9 Å². The number of carbonyl (C=O) groups excluding carboxylic acids is 2. The molecule has 0 atom stereocenters. The lowest BCUT2D eigenvalue weighted by atomic mass is 10.2. The van der Waals surface area contributed by atoms with Crippen molar-refractivity contribution in [2.75, 3.05) is 43.5 Å². The van der Waals surface area contributed by atoms with Crippen LogP contribution in [0.15, 0.2) is 48.5 Å². The molecule has 0 aromatic heterocycles. The van der Waals surface area contributed by atoms with Gasteiger partial charge in [0.2, 0.25) is 5.91 Å². The molecule has 2 aromatic rings. The van der Waals surface area contributed by atoms with E-state index < -0.39 is 0 Å². The first kappa shape index (κ1) is 19.5. The third-order valence-corrected chi connectivity index (χ3v) is 4.72. The number of rotatable bonds is 5. The fraction of sp³-hybridized carbons (Fsp3) is 0.333. The van der Waals surface area contributed by atoms with Crippen molar-refractivity contribution in [1.29, 1.82) is 0 Å². The maximum absolute atomic E-state index is 12.5. The highest BCUT2D eigenvalue weighted by Gasteiger charge is 2.21. The molecule has 1 aliphatic heterocycles. The van der Waals surface area contributed by atoms with Crippen LogP contribution < -0.4 is 20.3 Å². The molecule has 0 bridgehead atoms. The molecule has 7 nitrogen and oxygen atoms in total. The van der Waals surface area contributed by atoms with Crippen LogP contribution in [0, 0.1) is 0 Å². The van der Waals surface area contributed by atoms with Gasteiger partial charge in [-0.1, -0.05) is 24.3 Å². The molecule has 2 N–H and O–H groups in total. The molecule has 28 heavy (non-hydrogen) atoms. The van der Waals surface area contributed by atoms with Crippen LogP contribution in [-0.4, -0.2) is 50.1 Å². The lowest BCUT2D eigenvalue weighted by molar-refractivity contribution is -0.114. The maximum Gasteiger partial charge on any atom is 0.317 e. The number of hydrogen-bond acceptors (Lipinski definition) is 4. The van der Waals surface area contributed by atoms with Gasteiger partial charge in [-0.3, -0.25) is 4.79 Å². The molecule has 0 saturated carbocycles. The van der Waals surface area contributed by atoms with E-state index in [1.807, 2.05) is 53.4 Å². The molecule has 0 radical (unpaired) electrons. The number of ether oxygens (including phenoxy) is 1. The van der Waals surface area contributed by atoms with E-state index in [1.54, 1.807) is 7.11 Å². The number of carbonyl (C=O) groups is 2. The second-order valence-electron chi connectivity index (χ2n) is 6.68. The molecular formula is C21H26N4O3. The monoisotopic (exact) mass is 382 g/mol. The molecule has 0 aliphatic carbocycles. The SMILES string of the molecule is COc1ccccc1CNC(=O)N1CCN(c2cccc(NC(C)=O)c2)CC1. The first-order valence-corrected chi connectivity index (χ1v) is 9.34. The summed E-state index contributed by atoms with van der Waals surface area (Å²) in [5, 5.41) is 5.77. The summed E-state index contributed by atoms with van der Waals surface area (Å²) in [6, 6.07) is 15.4. The number of piperazine rings is 1. The summed E-state index contributed by atoms with van der Waals surface area (Å²) in [5.41, 5.74) is 2.77. The zero-order valence-electron chi connectivity index (χ0n) is 16.3. The molecule has 1 heterocycles. The number of urea groups is 1. The zero-order valence-corrected chi connectivity index (χ0v) is 16.3. The highest BCUT2D eigenvalue weighted by atomic mass is 16.5. The largest absolute Gasteiger partial charge is 0.496 e. The van der Waals surface area contributed by atoms with Gasteiger partial charge in [0.05, 0.1) is 7.11 Å². The van der Waals surface area contributed by atoms with Crippen LogP contribution in [0.1, 0.15) is 12.5 Å². The van der Waals surface area contributed by atoms with Gasteiger partial charge >= 0.3 is 6.03 Å². The summed E-state index contributed by atoms with van der Waals surface area (Å²) in [5.74, 6) is 0.681. The molecule has 7 heteroatoms. The molecular weight excluding hydrogens is 356 g/mol. The molecule has 0 spiro atoms. The number of nitrogens with zero attached hydrogens (tertiary/aromatic N) is 2. The van der Waals surface area contributed by atoms with Gasteiger partial charge in [-0.2, -0.15) is 0 Å². The quantitative estimate of drug-likeness (QED) is 0.834. The van der Waals surface area contributed by atoms with E-state index in [0.29, 0.717) is 19.6 Å². The van der Waals surface area contributed by atoms with Gasteiger partial charge in [0.1, 0.15) is 5.75 Å². The van der Waals surface area contributed by atoms with E-state index >= 15 is 0 Å². The average Bonchev–Trinajstić information content (AvgIpc) is 2.72. The van der Waals surface area contributed by atoms with Crippen molar-refractivity contribution in [1.82, 2.24) is 10.2 Å². The Hall–Kier alpha value is -3.22. The predicted molar refractivity (Wildman–Crippen MR) is 110 cm³/mol. The standard InChI is InChI=1S/C21H26N4O3/c1-16(26)23-18-7-5-8-19(14-18)24-10-12-25(13-11-24)21(27)22-15-17-6-3-4-9-20(17)28-2/h3-9,14H,10-13,15H2,1-2H3,(H,22,27)(H,23,26). The van der Waals surface area contributed by atoms with Crippen molar-refractivity contribution in [2.24, 2.45) is 0 Å². The van der Waals surface area contributed by atoms with Crippen LogP contribution in [0.2, 0.25) is 0 Å². The Morgan fingerprint density at radius 1 is 1.04 bits per heavy atom. The summed E-state index contributed by atoms with van der Waals surface area (Å²) in [7, 11) is 1.63. The van der Waals surface area contributed by atoms with Gasteiger partial charge in [0, 0.05) is 56.6 Å². The molecule has 1 fully saturated rings. The Kier molecular flexibility index (Phi) is 6.37. The summed E-state index contributed by atoms with van der Waals surface area (Å²) in [4.78, 5) is 27.8. The van der Waals surface area contributed by atoms with Gasteiger partial charge in [0.25, 0.3) is 0 Å². The third-order valence-electron chi connectivity index (χ3n) is 4.72. The average molecular weight is 382 g/mol. The molecule has 148 valence electrons. The number of anilines is 2. The molecule has 0 unspecified atom stereocenters. The van der Waals surface area contributed by atoms with Gasteiger partial charge in [-0.25, -0.2) is 4.79 Å². The third kappa shape index (κ3) is 4.94. The number of benzene rings is 2. The molecule has 3 rings (SSSR count). The number of amides is 3. The van der Waals surface area contributed by atoms with Crippen molar-refractivity contribution in [3.8, 4) is 5.75 Å². The van der Waals surface area contributed by atoms with E-state index in [9.17, 15) is 9.59 Å². The Bertz CT molecular complexity index is 832. The van der Waals surface area contributed by atoms with E-state index in [4.69, 9.17) is 4.74 Å². The molecule has 1 saturated heterocycles. The number of nitrogens with one attached hydrogen (secondary N) is 2. The number of methoxy groups -OCH3 is 1. The molecule has 2 aromatic carbocycles. The van der Waals surface area contributed by atoms with E-state index in [0.717, 1.165) is 35.8 Å². The number of para-hydroxylation sites is 1. The van der Waals surface area contributed by atoms with Crippen LogP contribution in [-0.2, 0) is 11.3 Å². The van der Waals surface area contributed by atoms with Crippen LogP contribution in [0.25, 0.3) is 0 Å². The Balaban J connectivity index is 1.52. The van der Waals surface area contributed by atoms with Crippen LogP contribution in [0.5, 0.6) is 5.75 Å². The van der Waals surface area contributed by atoms with Gasteiger partial charge in [0.15, 0.2) is 0 Å². The maximum atomic E-state index is 12.5. The van der Waals surface area contributed by atoms with Gasteiger partial charge < -0.3 is 25.2 Å². The van der Waals surface area contributed by atoms with E-state index in [1.165, 1.54) is 6.92 Å².